The smallest absolute Gasteiger partial charge is 0.326 e. The summed E-state index contributed by atoms with van der Waals surface area (Å²) in [5.74, 6) is -1.18. The van der Waals surface area contributed by atoms with Crippen LogP contribution in [0.1, 0.15) is 16.1 Å². The molecule has 0 radical (unpaired) electrons. The fourth-order valence-corrected chi connectivity index (χ4v) is 2.28. The minimum absolute atomic E-state index is 0.0949. The van der Waals surface area contributed by atoms with E-state index in [0.29, 0.717) is 16.3 Å². The van der Waals surface area contributed by atoms with Crippen molar-refractivity contribution in [1.82, 2.24) is 10.3 Å². The fraction of sp³-hybridized carbons (Fsp3) is 0.188. The highest BCUT2D eigenvalue weighted by Gasteiger charge is 2.22. The van der Waals surface area contributed by atoms with Crippen LogP contribution in [0.4, 0.5) is 0 Å². The van der Waals surface area contributed by atoms with Gasteiger partial charge in [-0.1, -0.05) is 23.7 Å². The van der Waals surface area contributed by atoms with Gasteiger partial charge in [-0.05, 0) is 29.8 Å². The molecule has 0 unspecified atom stereocenters. The molecule has 0 saturated carbocycles. The van der Waals surface area contributed by atoms with E-state index >= 15 is 0 Å². The number of ether oxygens (including phenoxy) is 1. The highest BCUT2D eigenvalue weighted by Crippen LogP contribution is 2.25. The second kappa shape index (κ2) is 7.60. The Morgan fingerprint density at radius 3 is 2.70 bits per heavy atom. The van der Waals surface area contributed by atoms with E-state index in [1.165, 1.54) is 19.4 Å². The van der Waals surface area contributed by atoms with E-state index in [-0.39, 0.29) is 12.1 Å². The van der Waals surface area contributed by atoms with E-state index in [0.717, 1.165) is 0 Å². The van der Waals surface area contributed by atoms with Crippen molar-refractivity contribution in [3.8, 4) is 5.75 Å². The van der Waals surface area contributed by atoms with Gasteiger partial charge in [0.1, 0.15) is 17.5 Å². The summed E-state index contributed by atoms with van der Waals surface area (Å²) in [6.07, 6.45) is 1.56. The van der Waals surface area contributed by atoms with Gasteiger partial charge in [0.15, 0.2) is 0 Å². The molecule has 0 aliphatic carbocycles. The van der Waals surface area contributed by atoms with Gasteiger partial charge in [0, 0.05) is 12.6 Å². The van der Waals surface area contributed by atoms with Crippen LogP contribution in [0.5, 0.6) is 5.75 Å². The first-order chi connectivity index (χ1) is 11.0. The minimum atomic E-state index is -1.14. The molecule has 23 heavy (non-hydrogen) atoms. The summed E-state index contributed by atoms with van der Waals surface area (Å²) in [6.45, 7) is 0. The topological polar surface area (TPSA) is 88.5 Å². The van der Waals surface area contributed by atoms with Crippen LogP contribution in [0.3, 0.4) is 0 Å². The van der Waals surface area contributed by atoms with Gasteiger partial charge in [0.05, 0.1) is 12.1 Å². The Kier molecular flexibility index (Phi) is 5.54. The lowest BCUT2D eigenvalue weighted by Gasteiger charge is -2.15. The van der Waals surface area contributed by atoms with Crippen LogP contribution in [0.25, 0.3) is 0 Å². The zero-order valence-corrected chi connectivity index (χ0v) is 13.1. The SMILES string of the molecule is COc1ccc(C[C@H](NC(=O)c2ccccn2)C(=O)O)cc1Cl. The maximum absolute atomic E-state index is 12.0. The number of pyridine rings is 1. The van der Waals surface area contributed by atoms with Crippen molar-refractivity contribution >= 4 is 23.5 Å². The highest BCUT2D eigenvalue weighted by atomic mass is 35.5. The second-order valence-corrected chi connectivity index (χ2v) is 5.16. The van der Waals surface area contributed by atoms with Crippen molar-refractivity contribution < 1.29 is 19.4 Å². The average molecular weight is 335 g/mol. The first kappa shape index (κ1) is 16.8. The molecule has 1 heterocycles. The minimum Gasteiger partial charge on any atom is -0.495 e. The third kappa shape index (κ3) is 4.43. The number of methoxy groups -OCH3 is 1. The molecular weight excluding hydrogens is 320 g/mol. The maximum Gasteiger partial charge on any atom is 0.326 e. The largest absolute Gasteiger partial charge is 0.495 e. The molecule has 1 atom stereocenters. The second-order valence-electron chi connectivity index (χ2n) is 4.75. The van der Waals surface area contributed by atoms with E-state index in [4.69, 9.17) is 16.3 Å². The molecule has 2 aromatic rings. The number of nitrogens with one attached hydrogen (secondary N) is 1. The molecule has 2 N–H and O–H groups in total. The number of amides is 1. The Labute approximate surface area is 138 Å². The standard InChI is InChI=1S/C16H15ClN2O4/c1-23-14-6-5-10(8-11(14)17)9-13(16(21)22)19-15(20)12-4-2-3-7-18-12/h2-8,13H,9H2,1H3,(H,19,20)(H,21,22)/t13-/m0/s1. The monoisotopic (exact) mass is 334 g/mol. The Balaban J connectivity index is 2.12. The number of hydrogen-bond donors (Lipinski definition) is 2. The lowest BCUT2D eigenvalue weighted by Crippen LogP contribution is -2.42. The molecule has 0 aliphatic rings. The molecule has 0 aliphatic heterocycles. The van der Waals surface area contributed by atoms with Gasteiger partial charge in [-0.2, -0.15) is 0 Å². The first-order valence-electron chi connectivity index (χ1n) is 6.78. The van der Waals surface area contributed by atoms with Gasteiger partial charge in [0.25, 0.3) is 5.91 Å². The number of aliphatic carboxylic acids is 1. The zero-order chi connectivity index (χ0) is 16.8. The van der Waals surface area contributed by atoms with E-state index in [9.17, 15) is 14.7 Å². The van der Waals surface area contributed by atoms with Crippen LogP contribution in [0, 0.1) is 0 Å². The van der Waals surface area contributed by atoms with Crippen molar-refractivity contribution in [2.75, 3.05) is 7.11 Å². The predicted molar refractivity (Wildman–Crippen MR) is 84.8 cm³/mol. The van der Waals surface area contributed by atoms with Gasteiger partial charge >= 0.3 is 5.97 Å². The normalized spacial score (nSPS) is 11.6. The fourth-order valence-electron chi connectivity index (χ4n) is 2.00. The third-order valence-corrected chi connectivity index (χ3v) is 3.45. The summed E-state index contributed by atoms with van der Waals surface area (Å²) in [7, 11) is 1.49. The third-order valence-electron chi connectivity index (χ3n) is 3.16. The number of nitrogens with zero attached hydrogens (tertiary/aromatic N) is 1. The number of carbonyl (C=O) groups is 2. The molecule has 6 nitrogen and oxygen atoms in total. The van der Waals surface area contributed by atoms with Crippen molar-refractivity contribution in [3.63, 3.8) is 0 Å². The van der Waals surface area contributed by atoms with Gasteiger partial charge in [0.2, 0.25) is 0 Å². The number of rotatable bonds is 6. The predicted octanol–water partition coefficient (Wildman–Crippen LogP) is 2.17. The van der Waals surface area contributed by atoms with E-state index in [1.54, 1.807) is 30.3 Å². The Morgan fingerprint density at radius 1 is 1.35 bits per heavy atom. The molecule has 1 aromatic carbocycles. The van der Waals surface area contributed by atoms with Crippen LogP contribution < -0.4 is 10.1 Å². The lowest BCUT2D eigenvalue weighted by atomic mass is 10.1. The first-order valence-corrected chi connectivity index (χ1v) is 7.16. The Bertz CT molecular complexity index is 706. The van der Waals surface area contributed by atoms with Crippen LogP contribution in [0.2, 0.25) is 5.02 Å². The number of aromatic nitrogens is 1. The quantitative estimate of drug-likeness (QED) is 0.845. The van der Waals surface area contributed by atoms with Crippen molar-refractivity contribution in [1.29, 1.82) is 0 Å². The number of carbonyl (C=O) groups excluding carboxylic acids is 1. The lowest BCUT2D eigenvalue weighted by molar-refractivity contribution is -0.139. The van der Waals surface area contributed by atoms with E-state index < -0.39 is 17.9 Å². The number of halogens is 1. The van der Waals surface area contributed by atoms with Crippen LogP contribution in [0.15, 0.2) is 42.6 Å². The summed E-state index contributed by atoms with van der Waals surface area (Å²) in [5.41, 5.74) is 0.830. The molecular formula is C16H15ClN2O4. The van der Waals surface area contributed by atoms with Gasteiger partial charge in [-0.25, -0.2) is 4.79 Å². The summed E-state index contributed by atoms with van der Waals surface area (Å²) in [5, 5.41) is 12.1. The van der Waals surface area contributed by atoms with Crippen molar-refractivity contribution in [2.45, 2.75) is 12.5 Å². The molecule has 120 valence electrons. The number of benzene rings is 1. The molecule has 0 spiro atoms. The highest BCUT2D eigenvalue weighted by molar-refractivity contribution is 6.32. The summed E-state index contributed by atoms with van der Waals surface area (Å²) < 4.78 is 5.05. The summed E-state index contributed by atoms with van der Waals surface area (Å²) in [6, 6.07) is 8.71. The van der Waals surface area contributed by atoms with Crippen LogP contribution >= 0.6 is 11.6 Å². The number of carboxylic acids is 1. The Hall–Kier alpha value is -2.60. The summed E-state index contributed by atoms with van der Waals surface area (Å²) >= 11 is 6.02. The Morgan fingerprint density at radius 2 is 2.13 bits per heavy atom. The van der Waals surface area contributed by atoms with Crippen LogP contribution in [-0.2, 0) is 11.2 Å². The molecule has 2 rings (SSSR count). The van der Waals surface area contributed by atoms with Crippen molar-refractivity contribution in [2.24, 2.45) is 0 Å². The van der Waals surface area contributed by atoms with Crippen molar-refractivity contribution in [3.05, 3.63) is 58.9 Å². The summed E-state index contributed by atoms with van der Waals surface area (Å²) in [4.78, 5) is 27.3. The molecule has 0 bridgehead atoms. The van der Waals surface area contributed by atoms with Gasteiger partial charge < -0.3 is 15.2 Å². The van der Waals surface area contributed by atoms with Crippen LogP contribution in [-0.4, -0.2) is 35.1 Å². The molecule has 1 aromatic heterocycles. The van der Waals surface area contributed by atoms with Gasteiger partial charge in [-0.15, -0.1) is 0 Å². The number of carboxylic acid groups (broad SMARTS) is 1. The average Bonchev–Trinajstić information content (AvgIpc) is 2.55. The molecule has 1 amide bonds. The van der Waals surface area contributed by atoms with E-state index in [2.05, 4.69) is 10.3 Å². The van der Waals surface area contributed by atoms with E-state index in [1.807, 2.05) is 0 Å². The molecule has 7 heteroatoms. The molecule has 0 fully saturated rings. The zero-order valence-electron chi connectivity index (χ0n) is 12.3. The maximum atomic E-state index is 12.0. The number of hydrogen-bond acceptors (Lipinski definition) is 4. The van der Waals surface area contributed by atoms with Gasteiger partial charge in [-0.3, -0.25) is 9.78 Å². The molecule has 0 saturated heterocycles.